The fourth-order valence-electron chi connectivity index (χ4n) is 12.1. The van der Waals surface area contributed by atoms with Crippen molar-refractivity contribution >= 4 is 33.6 Å². The Bertz CT molecular complexity index is 2460. The van der Waals surface area contributed by atoms with E-state index < -0.39 is 91.5 Å². The first kappa shape index (κ1) is 105. The Morgan fingerprint density at radius 1 is 0.266 bits per heavy atom. The average molecular weight is 1570 g/mol. The Kier molecular flexibility index (Phi) is 80.3. The largest absolute Gasteiger partial charge is 0.472 e. The standard InChI is InChI=1S/C91H160O16P2/c1-4-7-10-13-16-19-22-25-28-30-32-34-36-37-38-39-40-41-42-43-44-45-46-47-49-51-52-54-57-59-62-65-68-71-74-77-89(94)101-80-86(92)81-103-108(97,98)104-82-87(93)83-105-109(99,100)106-85-88(107-91(96)79-76-73-70-67-64-61-56-27-24-21-18-15-12-9-6-3)84-102-90(95)78-75-72-69-66-63-60-58-55-53-50-48-35-33-31-29-26-23-20-17-14-11-8-5-2/h7-8,10-11,16-17,19-20,25-26,28-29,32-35,37-38,50,53,86-88,92-93H,4-6,9,12-15,18,21-24,27,30-31,36,39-49,51-52,54-85H2,1-3H3,(H,97,98)(H,99,100)/b10-7-,11-8-,19-16-,20-17-,28-25-,29-26-,34-32-,35-33-,38-37-,53-50-. The second-order valence-electron chi connectivity index (χ2n) is 29.3. The zero-order chi connectivity index (χ0) is 79.4. The number of carbonyl (C=O) groups excluding carboxylic acids is 3. The zero-order valence-corrected chi connectivity index (χ0v) is 71.0. The zero-order valence-electron chi connectivity index (χ0n) is 69.2. The molecule has 0 heterocycles. The van der Waals surface area contributed by atoms with Crippen LogP contribution < -0.4 is 0 Å². The van der Waals surface area contributed by atoms with Crippen LogP contribution in [0.4, 0.5) is 0 Å². The summed E-state index contributed by atoms with van der Waals surface area (Å²) in [6.07, 6.45) is 101. The lowest BCUT2D eigenvalue weighted by Gasteiger charge is -2.21. The van der Waals surface area contributed by atoms with E-state index in [9.17, 15) is 43.5 Å². The first-order valence-corrected chi connectivity index (χ1v) is 46.8. The van der Waals surface area contributed by atoms with Gasteiger partial charge in [-0.15, -0.1) is 0 Å². The number of hydrogen-bond acceptors (Lipinski definition) is 14. The van der Waals surface area contributed by atoms with Gasteiger partial charge in [-0.25, -0.2) is 9.13 Å². The van der Waals surface area contributed by atoms with Crippen LogP contribution in [-0.4, -0.2) is 95.9 Å². The molecule has 109 heavy (non-hydrogen) atoms. The van der Waals surface area contributed by atoms with E-state index in [-0.39, 0.29) is 19.3 Å². The number of phosphoric acid groups is 2. The van der Waals surface area contributed by atoms with Crippen molar-refractivity contribution in [1.29, 1.82) is 0 Å². The van der Waals surface area contributed by atoms with E-state index in [4.69, 9.17) is 32.3 Å². The molecule has 0 aromatic rings. The lowest BCUT2D eigenvalue weighted by Crippen LogP contribution is -2.30. The van der Waals surface area contributed by atoms with Gasteiger partial charge in [0.05, 0.1) is 26.4 Å². The van der Waals surface area contributed by atoms with E-state index in [2.05, 4.69) is 142 Å². The fourth-order valence-corrected chi connectivity index (χ4v) is 13.7. The van der Waals surface area contributed by atoms with Crippen LogP contribution in [0, 0.1) is 0 Å². The molecule has 0 saturated carbocycles. The molecule has 0 spiro atoms. The van der Waals surface area contributed by atoms with Gasteiger partial charge in [-0.3, -0.25) is 32.5 Å². The molecule has 630 valence electrons. The van der Waals surface area contributed by atoms with Crippen LogP contribution in [0.2, 0.25) is 0 Å². The fraction of sp³-hybridized carbons (Fsp3) is 0.747. The third-order valence-electron chi connectivity index (χ3n) is 18.7. The molecule has 0 aliphatic heterocycles. The van der Waals surface area contributed by atoms with Crippen molar-refractivity contribution in [2.45, 2.75) is 399 Å². The molecule has 0 saturated heterocycles. The first-order valence-electron chi connectivity index (χ1n) is 43.8. The van der Waals surface area contributed by atoms with Gasteiger partial charge in [-0.05, 0) is 109 Å². The summed E-state index contributed by atoms with van der Waals surface area (Å²) in [4.78, 5) is 58.8. The summed E-state index contributed by atoms with van der Waals surface area (Å²) in [5, 5.41) is 20.7. The van der Waals surface area contributed by atoms with Gasteiger partial charge in [0, 0.05) is 19.3 Å². The molecule has 0 radical (unpaired) electrons. The molecule has 0 aliphatic rings. The highest BCUT2D eigenvalue weighted by Crippen LogP contribution is 2.45. The molecule has 0 aliphatic carbocycles. The van der Waals surface area contributed by atoms with Gasteiger partial charge in [0.2, 0.25) is 0 Å². The summed E-state index contributed by atoms with van der Waals surface area (Å²) in [7, 11) is -9.79. The van der Waals surface area contributed by atoms with Crippen molar-refractivity contribution in [3.8, 4) is 0 Å². The maximum Gasteiger partial charge on any atom is 0.472 e. The smallest absolute Gasteiger partial charge is 0.463 e. The predicted molar refractivity (Wildman–Crippen MR) is 454 cm³/mol. The number of carbonyl (C=O) groups is 3. The number of aliphatic hydroxyl groups is 2. The average Bonchev–Trinajstić information content (AvgIpc) is 0.902. The maximum absolute atomic E-state index is 13.0. The number of aliphatic hydroxyl groups excluding tert-OH is 2. The molecule has 5 atom stereocenters. The van der Waals surface area contributed by atoms with Gasteiger partial charge >= 0.3 is 33.6 Å². The van der Waals surface area contributed by atoms with Crippen molar-refractivity contribution in [1.82, 2.24) is 0 Å². The second-order valence-corrected chi connectivity index (χ2v) is 32.2. The summed E-state index contributed by atoms with van der Waals surface area (Å²) >= 11 is 0. The molecule has 0 rings (SSSR count). The minimum absolute atomic E-state index is 0.105. The molecule has 0 amide bonds. The topological polar surface area (TPSA) is 231 Å². The predicted octanol–water partition coefficient (Wildman–Crippen LogP) is 26.4. The first-order chi connectivity index (χ1) is 53.2. The Labute approximate surface area is 665 Å². The molecule has 18 heteroatoms. The number of allylic oxidation sites excluding steroid dienone is 20. The van der Waals surface area contributed by atoms with Gasteiger partial charge in [0.25, 0.3) is 0 Å². The molecule has 4 N–H and O–H groups in total. The van der Waals surface area contributed by atoms with E-state index in [0.717, 1.165) is 154 Å². The Morgan fingerprint density at radius 2 is 0.486 bits per heavy atom. The molecule has 5 unspecified atom stereocenters. The molecule has 0 aromatic heterocycles. The summed E-state index contributed by atoms with van der Waals surface area (Å²) in [6.45, 7) is 2.50. The number of unbranched alkanes of at least 4 members (excludes halogenated alkanes) is 40. The number of esters is 3. The highest BCUT2D eigenvalue weighted by atomic mass is 31.2. The number of phosphoric ester groups is 2. The van der Waals surface area contributed by atoms with E-state index in [1.165, 1.54) is 167 Å². The summed E-state index contributed by atoms with van der Waals surface area (Å²) < 4.78 is 61.3. The van der Waals surface area contributed by atoms with Gasteiger partial charge in [0.15, 0.2) is 6.10 Å². The number of hydrogen-bond donors (Lipinski definition) is 4. The number of rotatable bonds is 83. The molecular formula is C91H160O16P2. The summed E-state index contributed by atoms with van der Waals surface area (Å²) in [5.41, 5.74) is 0. The van der Waals surface area contributed by atoms with Crippen LogP contribution >= 0.6 is 15.6 Å². The highest BCUT2D eigenvalue weighted by Gasteiger charge is 2.29. The maximum atomic E-state index is 13.0. The van der Waals surface area contributed by atoms with E-state index in [1.807, 2.05) is 0 Å². The minimum atomic E-state index is -4.93. The Balaban J connectivity index is 4.41. The van der Waals surface area contributed by atoms with Crippen LogP contribution in [0.3, 0.4) is 0 Å². The molecule has 0 bridgehead atoms. The van der Waals surface area contributed by atoms with Crippen LogP contribution in [0.25, 0.3) is 0 Å². The van der Waals surface area contributed by atoms with Crippen LogP contribution in [-0.2, 0) is 55.8 Å². The number of ether oxygens (including phenoxy) is 3. The minimum Gasteiger partial charge on any atom is -0.463 e. The van der Waals surface area contributed by atoms with E-state index in [1.54, 1.807) is 0 Å². The molecular weight excluding hydrogens is 1410 g/mol. The summed E-state index contributed by atoms with van der Waals surface area (Å²) in [5.74, 6) is -1.57. The lowest BCUT2D eigenvalue weighted by molar-refractivity contribution is -0.161. The Hall–Kier alpha value is -4.05. The molecule has 16 nitrogen and oxygen atoms in total. The SMILES string of the molecule is CC/C=C\C/C=C\C/C=C\C/C=C\C/C=C\CCCCCCCCCCCCCCCCCCCCCC(=O)OCC(O)COP(=O)(O)OCC(O)COP(=O)(O)OCC(COC(=O)CCCCCCCCC/C=C\C/C=C\C/C=C\C/C=C\C/C=C\CC)OC(=O)CCCCCCCCCCCCCCCCC. The van der Waals surface area contributed by atoms with Gasteiger partial charge in [0.1, 0.15) is 25.4 Å². The third kappa shape index (κ3) is 84.7. The highest BCUT2D eigenvalue weighted by molar-refractivity contribution is 7.47. The second kappa shape index (κ2) is 83.4. The van der Waals surface area contributed by atoms with Crippen LogP contribution in [0.5, 0.6) is 0 Å². The normalized spacial score (nSPS) is 14.4. The van der Waals surface area contributed by atoms with Gasteiger partial charge in [-0.2, -0.15) is 0 Å². The van der Waals surface area contributed by atoms with E-state index >= 15 is 0 Å². The quantitative estimate of drug-likeness (QED) is 0.0146. The third-order valence-corrected chi connectivity index (χ3v) is 20.6. The van der Waals surface area contributed by atoms with E-state index in [0.29, 0.717) is 19.3 Å². The monoisotopic (exact) mass is 1570 g/mol. The van der Waals surface area contributed by atoms with Crippen molar-refractivity contribution in [3.63, 3.8) is 0 Å². The Morgan fingerprint density at radius 3 is 0.771 bits per heavy atom. The van der Waals surface area contributed by atoms with Gasteiger partial charge < -0.3 is 34.2 Å². The van der Waals surface area contributed by atoms with Crippen LogP contribution in [0.1, 0.15) is 380 Å². The summed E-state index contributed by atoms with van der Waals surface area (Å²) in [6, 6.07) is 0. The van der Waals surface area contributed by atoms with Gasteiger partial charge in [-0.1, -0.05) is 373 Å². The van der Waals surface area contributed by atoms with Crippen LogP contribution in [0.15, 0.2) is 122 Å². The molecule has 0 fully saturated rings. The van der Waals surface area contributed by atoms with Crippen molar-refractivity contribution in [3.05, 3.63) is 122 Å². The van der Waals surface area contributed by atoms with Crippen molar-refractivity contribution in [2.24, 2.45) is 0 Å². The van der Waals surface area contributed by atoms with Crippen molar-refractivity contribution in [2.75, 3.05) is 39.6 Å². The van der Waals surface area contributed by atoms with Crippen molar-refractivity contribution < 1.29 is 75.8 Å². The lowest BCUT2D eigenvalue weighted by atomic mass is 10.0. The molecule has 0 aromatic carbocycles.